The molecule has 0 saturated carbocycles. The van der Waals surface area contributed by atoms with Crippen molar-refractivity contribution in [3.63, 3.8) is 0 Å². The first-order chi connectivity index (χ1) is 17.1. The number of anilines is 1. The molecule has 0 aliphatic carbocycles. The maximum Gasteiger partial charge on any atom is 0.275 e. The number of rotatable bonds is 6. The van der Waals surface area contributed by atoms with Crippen molar-refractivity contribution in [1.29, 1.82) is 0 Å². The Bertz CT molecular complexity index is 1350. The lowest BCUT2D eigenvalue weighted by atomic mass is 9.98. The second-order valence-electron chi connectivity index (χ2n) is 8.04. The van der Waals surface area contributed by atoms with Gasteiger partial charge in [-0.25, -0.2) is 9.97 Å². The molecule has 4 aromatic heterocycles. The van der Waals surface area contributed by atoms with Gasteiger partial charge in [-0.2, -0.15) is 5.10 Å². The van der Waals surface area contributed by atoms with Crippen LogP contribution in [0.2, 0.25) is 0 Å². The Balaban J connectivity index is 1.25. The first-order valence-electron chi connectivity index (χ1n) is 11.1. The molecule has 0 radical (unpaired) electrons. The second kappa shape index (κ2) is 9.67. The summed E-state index contributed by atoms with van der Waals surface area (Å²) in [6, 6.07) is 10.3. The molecule has 2 amide bonds. The minimum absolute atomic E-state index is 0.0227. The third kappa shape index (κ3) is 4.83. The maximum absolute atomic E-state index is 12.7. The van der Waals surface area contributed by atoms with Gasteiger partial charge in [-0.3, -0.25) is 14.7 Å². The highest BCUT2D eigenvalue weighted by atomic mass is 16.4. The molecule has 1 aliphatic rings. The quantitative estimate of drug-likeness (QED) is 0.409. The van der Waals surface area contributed by atoms with Gasteiger partial charge in [0.25, 0.3) is 5.91 Å². The van der Waals surface area contributed by atoms with Crippen molar-refractivity contribution in [2.45, 2.75) is 18.8 Å². The van der Waals surface area contributed by atoms with Crippen molar-refractivity contribution in [1.82, 2.24) is 35.3 Å². The molecule has 1 saturated heterocycles. The fourth-order valence-corrected chi connectivity index (χ4v) is 3.91. The third-order valence-corrected chi connectivity index (χ3v) is 5.71. The Kier molecular flexibility index (Phi) is 6.12. The third-order valence-electron chi connectivity index (χ3n) is 5.71. The van der Waals surface area contributed by atoms with Crippen LogP contribution >= 0.6 is 0 Å². The number of nitrogens with one attached hydrogen (secondary N) is 2. The van der Waals surface area contributed by atoms with Crippen LogP contribution in [-0.4, -0.2) is 60.2 Å². The Labute approximate surface area is 200 Å². The van der Waals surface area contributed by atoms with E-state index in [-0.39, 0.29) is 23.4 Å². The van der Waals surface area contributed by atoms with Crippen molar-refractivity contribution in [3.8, 4) is 22.8 Å². The maximum atomic E-state index is 12.7. The second-order valence-corrected chi connectivity index (χ2v) is 8.04. The number of likely N-dealkylation sites (tertiary alicyclic amines) is 1. The molecule has 4 aromatic rings. The number of aromatic nitrogens is 6. The topological polar surface area (TPSA) is 143 Å². The number of hydrogen-bond donors (Lipinski definition) is 2. The van der Waals surface area contributed by atoms with Crippen LogP contribution in [0.15, 0.2) is 65.9 Å². The van der Waals surface area contributed by atoms with Crippen molar-refractivity contribution in [3.05, 3.63) is 73.0 Å². The average molecular weight is 470 g/mol. The summed E-state index contributed by atoms with van der Waals surface area (Å²) in [5, 5.41) is 17.8. The summed E-state index contributed by atoms with van der Waals surface area (Å²) < 4.78 is 5.88. The van der Waals surface area contributed by atoms with E-state index >= 15 is 0 Å². The summed E-state index contributed by atoms with van der Waals surface area (Å²) in [4.78, 5) is 35.0. The van der Waals surface area contributed by atoms with E-state index in [2.05, 4.69) is 42.3 Å². The molecule has 1 aliphatic heterocycles. The summed E-state index contributed by atoms with van der Waals surface area (Å²) >= 11 is 0. The van der Waals surface area contributed by atoms with Crippen molar-refractivity contribution in [2.24, 2.45) is 0 Å². The average Bonchev–Trinajstić information content (AvgIpc) is 3.62. The molecule has 0 aromatic carbocycles. The lowest BCUT2D eigenvalue weighted by Crippen LogP contribution is -2.38. The zero-order valence-electron chi connectivity index (χ0n) is 18.7. The van der Waals surface area contributed by atoms with E-state index in [9.17, 15) is 9.59 Å². The van der Waals surface area contributed by atoms with Crippen LogP contribution in [0.1, 0.15) is 35.1 Å². The zero-order valence-corrected chi connectivity index (χ0v) is 18.7. The largest absolute Gasteiger partial charge is 0.420 e. The minimum Gasteiger partial charge on any atom is -0.420 e. The SMILES string of the molecule is C=CC(=O)N1CCC[C@H](c2nnc(-c3ccc(NC(=O)c4cccc(-c5ccn[nH]5)n4)nc3)o2)C1. The fourth-order valence-electron chi connectivity index (χ4n) is 3.91. The number of aromatic amines is 1. The van der Waals surface area contributed by atoms with Crippen LogP contribution in [0.3, 0.4) is 0 Å². The molecule has 1 atom stereocenters. The summed E-state index contributed by atoms with van der Waals surface area (Å²) in [7, 11) is 0. The summed E-state index contributed by atoms with van der Waals surface area (Å²) in [5.41, 5.74) is 2.20. The number of pyridine rings is 2. The van der Waals surface area contributed by atoms with Gasteiger partial charge < -0.3 is 14.6 Å². The molecule has 2 N–H and O–H groups in total. The van der Waals surface area contributed by atoms with Crippen LogP contribution in [0.25, 0.3) is 22.8 Å². The van der Waals surface area contributed by atoms with Gasteiger partial charge in [0.15, 0.2) is 0 Å². The molecule has 0 unspecified atom stereocenters. The first-order valence-corrected chi connectivity index (χ1v) is 11.1. The Hall–Kier alpha value is -4.67. The summed E-state index contributed by atoms with van der Waals surface area (Å²) in [6.45, 7) is 4.77. The van der Waals surface area contributed by atoms with E-state index in [1.165, 1.54) is 6.08 Å². The van der Waals surface area contributed by atoms with Crippen LogP contribution in [-0.2, 0) is 4.79 Å². The van der Waals surface area contributed by atoms with Crippen molar-refractivity contribution >= 4 is 17.6 Å². The molecule has 1 fully saturated rings. The minimum atomic E-state index is -0.386. The van der Waals surface area contributed by atoms with Crippen molar-refractivity contribution < 1.29 is 14.0 Å². The first kappa shape index (κ1) is 22.1. The zero-order chi connectivity index (χ0) is 24.2. The van der Waals surface area contributed by atoms with E-state index in [1.807, 2.05) is 0 Å². The molecule has 176 valence electrons. The number of hydrogen-bond acceptors (Lipinski definition) is 8. The molecule has 11 nitrogen and oxygen atoms in total. The normalized spacial score (nSPS) is 15.5. The summed E-state index contributed by atoms with van der Waals surface area (Å²) in [5.74, 6) is 0.666. The predicted molar refractivity (Wildman–Crippen MR) is 126 cm³/mol. The van der Waals surface area contributed by atoms with Gasteiger partial charge in [-0.05, 0) is 49.2 Å². The highest BCUT2D eigenvalue weighted by molar-refractivity contribution is 6.02. The summed E-state index contributed by atoms with van der Waals surface area (Å²) in [6.07, 6.45) is 6.21. The molecule has 11 heteroatoms. The molecule has 0 spiro atoms. The molecule has 35 heavy (non-hydrogen) atoms. The van der Waals surface area contributed by atoms with Crippen LogP contribution in [0.5, 0.6) is 0 Å². The smallest absolute Gasteiger partial charge is 0.275 e. The van der Waals surface area contributed by atoms with Crippen LogP contribution < -0.4 is 5.32 Å². The molecular weight excluding hydrogens is 448 g/mol. The standard InChI is InChI=1S/C24H22N8O3/c1-2-21(33)32-12-4-5-16(14-32)24-31-30-23(35-24)15-8-9-20(25-13-15)28-22(34)19-7-3-6-17(27-19)18-10-11-26-29-18/h2-3,6-11,13,16H,1,4-5,12,14H2,(H,26,29)(H,25,28,34)/t16-/m0/s1. The fraction of sp³-hybridized carbons (Fsp3) is 0.208. The number of nitrogens with zero attached hydrogens (tertiary/aromatic N) is 6. The van der Waals surface area contributed by atoms with E-state index in [1.54, 1.807) is 53.7 Å². The van der Waals surface area contributed by atoms with Gasteiger partial charge in [0.2, 0.25) is 17.7 Å². The Morgan fingerprint density at radius 1 is 1.20 bits per heavy atom. The number of H-pyrrole nitrogens is 1. The lowest BCUT2D eigenvalue weighted by Gasteiger charge is -2.30. The van der Waals surface area contributed by atoms with Crippen LogP contribution in [0.4, 0.5) is 5.82 Å². The van der Waals surface area contributed by atoms with Gasteiger partial charge in [-0.15, -0.1) is 10.2 Å². The van der Waals surface area contributed by atoms with Crippen molar-refractivity contribution in [2.75, 3.05) is 18.4 Å². The van der Waals surface area contributed by atoms with E-state index in [0.717, 1.165) is 12.8 Å². The van der Waals surface area contributed by atoms with Gasteiger partial charge >= 0.3 is 0 Å². The monoisotopic (exact) mass is 470 g/mol. The van der Waals surface area contributed by atoms with Gasteiger partial charge in [0, 0.05) is 25.5 Å². The predicted octanol–water partition coefficient (Wildman–Crippen LogP) is 3.06. The van der Waals surface area contributed by atoms with Gasteiger partial charge in [0.1, 0.15) is 11.5 Å². The number of carbonyl (C=O) groups excluding carboxylic acids is 2. The number of amides is 2. The molecule has 5 heterocycles. The van der Waals surface area contributed by atoms with Crippen LogP contribution in [0, 0.1) is 0 Å². The van der Waals surface area contributed by atoms with Gasteiger partial charge in [-0.1, -0.05) is 12.6 Å². The van der Waals surface area contributed by atoms with E-state index < -0.39 is 0 Å². The number of carbonyl (C=O) groups is 2. The molecular formula is C24H22N8O3. The highest BCUT2D eigenvalue weighted by Gasteiger charge is 2.27. The Morgan fingerprint density at radius 3 is 2.89 bits per heavy atom. The lowest BCUT2D eigenvalue weighted by molar-refractivity contribution is -0.127. The Morgan fingerprint density at radius 2 is 2.11 bits per heavy atom. The van der Waals surface area contributed by atoms with E-state index in [0.29, 0.717) is 47.6 Å². The van der Waals surface area contributed by atoms with Gasteiger partial charge in [0.05, 0.1) is 22.9 Å². The molecule has 0 bridgehead atoms. The number of piperidine rings is 1. The van der Waals surface area contributed by atoms with E-state index in [4.69, 9.17) is 4.42 Å². The highest BCUT2D eigenvalue weighted by Crippen LogP contribution is 2.28. The molecule has 5 rings (SSSR count).